The number of rotatable bonds is 2. The van der Waals surface area contributed by atoms with E-state index in [9.17, 15) is 9.50 Å². The van der Waals surface area contributed by atoms with Gasteiger partial charge in [-0.2, -0.15) is 0 Å². The molecule has 0 saturated carbocycles. The molecule has 0 aliphatic rings. The van der Waals surface area contributed by atoms with E-state index in [1.807, 2.05) is 0 Å². The van der Waals surface area contributed by atoms with Crippen LogP contribution in [0.4, 0.5) is 4.39 Å². The summed E-state index contributed by atoms with van der Waals surface area (Å²) in [5, 5.41) is 9.23. The van der Waals surface area contributed by atoms with E-state index in [2.05, 4.69) is 4.98 Å². The van der Waals surface area contributed by atoms with E-state index >= 15 is 0 Å². The Morgan fingerprint density at radius 2 is 2.13 bits per heavy atom. The van der Waals surface area contributed by atoms with Crippen LogP contribution in [-0.4, -0.2) is 10.1 Å². The molecule has 0 fully saturated rings. The predicted molar refractivity (Wildman–Crippen MR) is 52.5 cm³/mol. The van der Waals surface area contributed by atoms with Gasteiger partial charge in [0.2, 0.25) is 5.89 Å². The molecule has 78 valence electrons. The molecule has 4 heteroatoms. The van der Waals surface area contributed by atoms with Crippen molar-refractivity contribution < 1.29 is 13.9 Å². The highest BCUT2D eigenvalue weighted by Crippen LogP contribution is 2.24. The summed E-state index contributed by atoms with van der Waals surface area (Å²) >= 11 is 0. The van der Waals surface area contributed by atoms with Crippen LogP contribution in [0.3, 0.4) is 0 Å². The molecule has 0 radical (unpaired) electrons. The molecule has 0 aliphatic heterocycles. The first-order valence-electron chi connectivity index (χ1n) is 4.57. The lowest BCUT2D eigenvalue weighted by Gasteiger charge is -1.98. The van der Waals surface area contributed by atoms with E-state index < -0.39 is 11.9 Å². The molecular formula is C11H10FNO2. The van der Waals surface area contributed by atoms with Gasteiger partial charge in [-0.05, 0) is 19.1 Å². The fourth-order valence-corrected chi connectivity index (χ4v) is 1.24. The Morgan fingerprint density at radius 1 is 1.40 bits per heavy atom. The molecule has 1 atom stereocenters. The zero-order valence-corrected chi connectivity index (χ0v) is 8.14. The van der Waals surface area contributed by atoms with Gasteiger partial charge >= 0.3 is 0 Å². The molecule has 1 N–H and O–H groups in total. The van der Waals surface area contributed by atoms with Crippen molar-refractivity contribution in [1.82, 2.24) is 4.98 Å². The predicted octanol–water partition coefficient (Wildman–Crippen LogP) is 2.53. The first kappa shape index (κ1) is 9.86. The first-order chi connectivity index (χ1) is 7.18. The monoisotopic (exact) mass is 207 g/mol. The zero-order chi connectivity index (χ0) is 10.8. The minimum Gasteiger partial charge on any atom is -0.438 e. The highest BCUT2D eigenvalue weighted by atomic mass is 19.1. The second-order valence-corrected chi connectivity index (χ2v) is 3.22. The van der Waals surface area contributed by atoms with Gasteiger partial charge in [0.25, 0.3) is 0 Å². The fraction of sp³-hybridized carbons (Fsp3) is 0.182. The molecule has 0 amide bonds. The first-order valence-corrected chi connectivity index (χ1v) is 4.57. The van der Waals surface area contributed by atoms with Gasteiger partial charge in [0.05, 0.1) is 11.8 Å². The molecule has 0 spiro atoms. The lowest BCUT2D eigenvalue weighted by Crippen LogP contribution is -1.86. The molecular weight excluding hydrogens is 197 g/mol. The summed E-state index contributed by atoms with van der Waals surface area (Å²) in [7, 11) is 0. The van der Waals surface area contributed by atoms with Crippen LogP contribution in [0.2, 0.25) is 0 Å². The molecule has 2 rings (SSSR count). The second-order valence-electron chi connectivity index (χ2n) is 3.22. The third-order valence-corrected chi connectivity index (χ3v) is 2.04. The van der Waals surface area contributed by atoms with Crippen LogP contribution in [0, 0.1) is 5.82 Å². The number of hydrogen-bond acceptors (Lipinski definition) is 3. The summed E-state index contributed by atoms with van der Waals surface area (Å²) in [4.78, 5) is 3.90. The average molecular weight is 207 g/mol. The SMILES string of the molecule is CC(O)c1cnc(-c2ccccc2F)o1. The number of nitrogens with zero attached hydrogens (tertiary/aromatic N) is 1. The zero-order valence-electron chi connectivity index (χ0n) is 8.14. The number of halogens is 1. The number of aromatic nitrogens is 1. The van der Waals surface area contributed by atoms with Crippen molar-refractivity contribution in [2.24, 2.45) is 0 Å². The third kappa shape index (κ3) is 1.89. The minimum absolute atomic E-state index is 0.184. The maximum Gasteiger partial charge on any atom is 0.229 e. The summed E-state index contributed by atoms with van der Waals surface area (Å²) in [5.41, 5.74) is 0.296. The van der Waals surface area contributed by atoms with Crippen LogP contribution in [0.1, 0.15) is 18.8 Å². The smallest absolute Gasteiger partial charge is 0.229 e. The number of aliphatic hydroxyl groups is 1. The van der Waals surface area contributed by atoms with Gasteiger partial charge < -0.3 is 9.52 Å². The van der Waals surface area contributed by atoms with Crippen LogP contribution in [0.15, 0.2) is 34.9 Å². The number of hydrogen-bond donors (Lipinski definition) is 1. The van der Waals surface area contributed by atoms with Gasteiger partial charge in [0.1, 0.15) is 11.9 Å². The molecule has 1 aromatic heterocycles. The van der Waals surface area contributed by atoms with E-state index in [1.165, 1.54) is 12.3 Å². The Hall–Kier alpha value is -1.68. The van der Waals surface area contributed by atoms with Crippen molar-refractivity contribution in [2.75, 3.05) is 0 Å². The molecule has 1 heterocycles. The van der Waals surface area contributed by atoms with Gasteiger partial charge in [0, 0.05) is 0 Å². The molecule has 1 aromatic carbocycles. The van der Waals surface area contributed by atoms with Crippen molar-refractivity contribution in [3.8, 4) is 11.5 Å². The Labute approximate surface area is 86.2 Å². The lowest BCUT2D eigenvalue weighted by atomic mass is 10.2. The van der Waals surface area contributed by atoms with Crippen molar-refractivity contribution in [3.05, 3.63) is 42.0 Å². The molecule has 2 aromatic rings. The maximum absolute atomic E-state index is 13.3. The third-order valence-electron chi connectivity index (χ3n) is 2.04. The standard InChI is InChI=1S/C11H10FNO2/c1-7(14)10-6-13-11(15-10)8-4-2-3-5-9(8)12/h2-7,14H,1H3. The quantitative estimate of drug-likeness (QED) is 0.823. The van der Waals surface area contributed by atoms with E-state index in [4.69, 9.17) is 4.42 Å². The Kier molecular flexibility index (Phi) is 2.51. The van der Waals surface area contributed by atoms with Crippen LogP contribution in [0.5, 0.6) is 0 Å². The molecule has 0 saturated heterocycles. The van der Waals surface area contributed by atoms with Gasteiger partial charge in [-0.3, -0.25) is 0 Å². The highest BCUT2D eigenvalue weighted by molar-refractivity contribution is 5.53. The lowest BCUT2D eigenvalue weighted by molar-refractivity contribution is 0.170. The highest BCUT2D eigenvalue weighted by Gasteiger charge is 2.12. The normalized spacial score (nSPS) is 12.7. The Morgan fingerprint density at radius 3 is 2.73 bits per heavy atom. The minimum atomic E-state index is -0.738. The number of aliphatic hydroxyl groups excluding tert-OH is 1. The largest absolute Gasteiger partial charge is 0.438 e. The molecule has 15 heavy (non-hydrogen) atoms. The van der Waals surface area contributed by atoms with Gasteiger partial charge in [-0.15, -0.1) is 0 Å². The molecule has 3 nitrogen and oxygen atoms in total. The van der Waals surface area contributed by atoms with Gasteiger partial charge in [-0.25, -0.2) is 9.37 Å². The maximum atomic E-state index is 13.3. The summed E-state index contributed by atoms with van der Waals surface area (Å²) in [6.45, 7) is 1.56. The van der Waals surface area contributed by atoms with Crippen molar-refractivity contribution in [1.29, 1.82) is 0 Å². The van der Waals surface area contributed by atoms with Crippen LogP contribution < -0.4 is 0 Å². The van der Waals surface area contributed by atoms with Gasteiger partial charge in [0.15, 0.2) is 5.76 Å². The topological polar surface area (TPSA) is 46.3 Å². The van der Waals surface area contributed by atoms with Crippen LogP contribution in [0.25, 0.3) is 11.5 Å². The Bertz CT molecular complexity index is 465. The fourth-order valence-electron chi connectivity index (χ4n) is 1.24. The summed E-state index contributed by atoms with van der Waals surface area (Å²) in [6, 6.07) is 6.20. The van der Waals surface area contributed by atoms with E-state index in [0.29, 0.717) is 11.3 Å². The molecule has 0 aliphatic carbocycles. The van der Waals surface area contributed by atoms with Gasteiger partial charge in [-0.1, -0.05) is 12.1 Å². The number of benzene rings is 1. The van der Waals surface area contributed by atoms with Crippen molar-refractivity contribution in [3.63, 3.8) is 0 Å². The van der Waals surface area contributed by atoms with E-state index in [-0.39, 0.29) is 5.89 Å². The average Bonchev–Trinajstić information content (AvgIpc) is 2.67. The van der Waals surface area contributed by atoms with E-state index in [0.717, 1.165) is 0 Å². The summed E-state index contributed by atoms with van der Waals surface area (Å²) < 4.78 is 18.5. The van der Waals surface area contributed by atoms with Crippen molar-refractivity contribution >= 4 is 0 Å². The second kappa shape index (κ2) is 3.82. The molecule has 1 unspecified atom stereocenters. The van der Waals surface area contributed by atoms with E-state index in [1.54, 1.807) is 25.1 Å². The van der Waals surface area contributed by atoms with Crippen molar-refractivity contribution in [2.45, 2.75) is 13.0 Å². The summed E-state index contributed by atoms with van der Waals surface area (Å²) in [6.07, 6.45) is 0.657. The van der Waals surface area contributed by atoms with Crippen LogP contribution in [-0.2, 0) is 0 Å². The van der Waals surface area contributed by atoms with Crippen LogP contribution >= 0.6 is 0 Å². The molecule has 0 bridgehead atoms. The Balaban J connectivity index is 2.42. The number of oxazole rings is 1. The summed E-state index contributed by atoms with van der Waals surface area (Å²) in [5.74, 6) is 0.119.